The maximum Gasteiger partial charge on any atom is 0.126 e. The van der Waals surface area contributed by atoms with Gasteiger partial charge in [0.05, 0.1) is 32.8 Å². The van der Waals surface area contributed by atoms with Gasteiger partial charge in [0.15, 0.2) is 0 Å². The summed E-state index contributed by atoms with van der Waals surface area (Å²) in [7, 11) is 0. The van der Waals surface area contributed by atoms with E-state index in [4.69, 9.17) is 5.11 Å². The van der Waals surface area contributed by atoms with Gasteiger partial charge in [-0.15, -0.1) is 0 Å². The summed E-state index contributed by atoms with van der Waals surface area (Å²) in [6, 6.07) is 10.4. The van der Waals surface area contributed by atoms with E-state index in [2.05, 4.69) is 29.2 Å². The van der Waals surface area contributed by atoms with Gasteiger partial charge in [-0.2, -0.15) is 0 Å². The summed E-state index contributed by atoms with van der Waals surface area (Å²) in [4.78, 5) is 3.74. The first-order chi connectivity index (χ1) is 8.29. The van der Waals surface area contributed by atoms with Gasteiger partial charge < -0.3 is 20.0 Å². The van der Waals surface area contributed by atoms with E-state index in [1.165, 1.54) is 10.6 Å². The van der Waals surface area contributed by atoms with E-state index in [-0.39, 0.29) is 6.61 Å². The van der Waals surface area contributed by atoms with E-state index in [1.54, 1.807) is 0 Å². The van der Waals surface area contributed by atoms with E-state index < -0.39 is 6.10 Å². The number of aliphatic hydroxyl groups is 2. The summed E-state index contributed by atoms with van der Waals surface area (Å²) in [5.41, 5.74) is 1.27. The average Bonchev–Trinajstić information content (AvgIpc) is 2.40. The number of hydrogen-bond donors (Lipinski definition) is 3. The molecule has 4 heteroatoms. The molecule has 17 heavy (non-hydrogen) atoms. The number of quaternary nitrogens is 1. The van der Waals surface area contributed by atoms with Crippen LogP contribution in [0.2, 0.25) is 0 Å². The van der Waals surface area contributed by atoms with Gasteiger partial charge in [0.2, 0.25) is 0 Å². The second-order valence-electron chi connectivity index (χ2n) is 4.61. The van der Waals surface area contributed by atoms with Crippen LogP contribution in [0.25, 0.3) is 0 Å². The summed E-state index contributed by atoms with van der Waals surface area (Å²) < 4.78 is 0. The average molecular weight is 237 g/mol. The summed E-state index contributed by atoms with van der Waals surface area (Å²) >= 11 is 0. The minimum atomic E-state index is -0.576. The lowest BCUT2D eigenvalue weighted by molar-refractivity contribution is -0.903. The number of aliphatic hydroxyl groups excluding tert-OH is 2. The standard InChI is InChI=1S/C13H20N2O2/c16-11-13(17)10-14-6-8-15(9-7-14)12-4-2-1-3-5-12/h1-5,13,16-17H,6-11H2/p+1/t13-/m0/s1. The van der Waals surface area contributed by atoms with Crippen molar-refractivity contribution >= 4 is 5.69 Å². The third-order valence-electron chi connectivity index (χ3n) is 3.33. The van der Waals surface area contributed by atoms with E-state index in [1.807, 2.05) is 6.07 Å². The van der Waals surface area contributed by atoms with Gasteiger partial charge in [-0.25, -0.2) is 0 Å². The fourth-order valence-electron chi connectivity index (χ4n) is 2.32. The Kier molecular flexibility index (Phi) is 4.36. The molecule has 0 unspecified atom stereocenters. The normalized spacial score (nSPS) is 19.3. The number of nitrogens with one attached hydrogen (secondary N) is 1. The number of rotatable bonds is 4. The van der Waals surface area contributed by atoms with Crippen LogP contribution >= 0.6 is 0 Å². The van der Waals surface area contributed by atoms with Crippen molar-refractivity contribution in [1.82, 2.24) is 0 Å². The smallest absolute Gasteiger partial charge is 0.126 e. The van der Waals surface area contributed by atoms with Crippen LogP contribution in [0.3, 0.4) is 0 Å². The van der Waals surface area contributed by atoms with Gasteiger partial charge in [-0.3, -0.25) is 0 Å². The molecule has 0 spiro atoms. The molecule has 2 rings (SSSR count). The lowest BCUT2D eigenvalue weighted by Crippen LogP contribution is -3.16. The van der Waals surface area contributed by atoms with E-state index >= 15 is 0 Å². The van der Waals surface area contributed by atoms with Crippen molar-refractivity contribution in [1.29, 1.82) is 0 Å². The highest BCUT2D eigenvalue weighted by atomic mass is 16.3. The first-order valence-corrected chi connectivity index (χ1v) is 6.22. The van der Waals surface area contributed by atoms with Gasteiger partial charge in [-0.1, -0.05) is 18.2 Å². The molecule has 1 saturated heterocycles. The molecule has 1 aromatic carbocycles. The predicted molar refractivity (Wildman–Crippen MR) is 67.3 cm³/mol. The number of anilines is 1. The molecule has 1 atom stereocenters. The second-order valence-corrected chi connectivity index (χ2v) is 4.61. The van der Waals surface area contributed by atoms with Crippen molar-refractivity contribution in [3.05, 3.63) is 30.3 Å². The molecule has 4 nitrogen and oxygen atoms in total. The number of hydrogen-bond acceptors (Lipinski definition) is 3. The third-order valence-corrected chi connectivity index (χ3v) is 3.33. The molecule has 3 N–H and O–H groups in total. The Morgan fingerprint density at radius 2 is 1.82 bits per heavy atom. The van der Waals surface area contributed by atoms with Crippen LogP contribution in [0.4, 0.5) is 5.69 Å². The number of nitrogens with zero attached hydrogens (tertiary/aromatic N) is 1. The van der Waals surface area contributed by atoms with Crippen molar-refractivity contribution in [2.75, 3.05) is 44.2 Å². The highest BCUT2D eigenvalue weighted by Crippen LogP contribution is 2.12. The third kappa shape index (κ3) is 3.43. The molecule has 0 aromatic heterocycles. The monoisotopic (exact) mass is 237 g/mol. The minimum Gasteiger partial charge on any atom is -0.393 e. The van der Waals surface area contributed by atoms with Crippen LogP contribution in [0, 0.1) is 0 Å². The van der Waals surface area contributed by atoms with Crippen LogP contribution in [0.5, 0.6) is 0 Å². The van der Waals surface area contributed by atoms with E-state index in [9.17, 15) is 5.11 Å². The molecule has 0 aliphatic carbocycles. The molecule has 1 heterocycles. The summed E-state index contributed by atoms with van der Waals surface area (Å²) in [5.74, 6) is 0. The Hall–Kier alpha value is -1.10. The molecule has 0 saturated carbocycles. The van der Waals surface area contributed by atoms with Gasteiger partial charge in [0, 0.05) is 5.69 Å². The molecule has 1 aliphatic rings. The maximum atomic E-state index is 9.41. The van der Waals surface area contributed by atoms with Gasteiger partial charge >= 0.3 is 0 Å². The fraction of sp³-hybridized carbons (Fsp3) is 0.538. The molecule has 1 aromatic rings. The first kappa shape index (κ1) is 12.4. The van der Waals surface area contributed by atoms with Crippen molar-refractivity contribution in [3.8, 4) is 0 Å². The van der Waals surface area contributed by atoms with E-state index in [0.29, 0.717) is 6.54 Å². The number of benzene rings is 1. The molecule has 1 fully saturated rings. The van der Waals surface area contributed by atoms with Gasteiger partial charge in [0.25, 0.3) is 0 Å². The maximum absolute atomic E-state index is 9.41. The van der Waals surface area contributed by atoms with Crippen LogP contribution in [-0.4, -0.2) is 55.6 Å². The zero-order valence-electron chi connectivity index (χ0n) is 10.0. The quantitative estimate of drug-likeness (QED) is 0.613. The first-order valence-electron chi connectivity index (χ1n) is 6.22. The molecule has 0 radical (unpaired) electrons. The Bertz CT molecular complexity index is 323. The van der Waals surface area contributed by atoms with E-state index in [0.717, 1.165) is 26.2 Å². The second kappa shape index (κ2) is 6.00. The van der Waals surface area contributed by atoms with Crippen LogP contribution < -0.4 is 9.80 Å². The molecule has 94 valence electrons. The molecular formula is C13H21N2O2+. The topological polar surface area (TPSA) is 48.1 Å². The molecule has 1 aliphatic heterocycles. The van der Waals surface area contributed by atoms with Crippen LogP contribution in [0.1, 0.15) is 0 Å². The summed E-state index contributed by atoms with van der Waals surface area (Å²) in [6.07, 6.45) is -0.576. The zero-order valence-corrected chi connectivity index (χ0v) is 10.0. The Balaban J connectivity index is 1.82. The molecular weight excluding hydrogens is 216 g/mol. The summed E-state index contributed by atoms with van der Waals surface area (Å²) in [5, 5.41) is 18.2. The number of piperazine rings is 1. The zero-order chi connectivity index (χ0) is 12.1. The van der Waals surface area contributed by atoms with Crippen LogP contribution in [-0.2, 0) is 0 Å². The van der Waals surface area contributed by atoms with Gasteiger partial charge in [-0.05, 0) is 12.1 Å². The van der Waals surface area contributed by atoms with Gasteiger partial charge in [0.1, 0.15) is 12.6 Å². The van der Waals surface area contributed by atoms with Crippen molar-refractivity contribution in [2.45, 2.75) is 6.10 Å². The lowest BCUT2D eigenvalue weighted by atomic mass is 10.2. The SMILES string of the molecule is OC[C@@H](O)C[NH+]1CCN(c2ccccc2)CC1. The van der Waals surface area contributed by atoms with Crippen molar-refractivity contribution in [2.24, 2.45) is 0 Å². The van der Waals surface area contributed by atoms with Crippen molar-refractivity contribution < 1.29 is 15.1 Å². The van der Waals surface area contributed by atoms with Crippen molar-refractivity contribution in [3.63, 3.8) is 0 Å². The fourth-order valence-corrected chi connectivity index (χ4v) is 2.32. The predicted octanol–water partition coefficient (Wildman–Crippen LogP) is -1.26. The highest BCUT2D eigenvalue weighted by Gasteiger charge is 2.21. The van der Waals surface area contributed by atoms with Crippen LogP contribution in [0.15, 0.2) is 30.3 Å². The lowest BCUT2D eigenvalue weighted by Gasteiger charge is -2.34. The Morgan fingerprint density at radius 1 is 1.18 bits per heavy atom. The highest BCUT2D eigenvalue weighted by molar-refractivity contribution is 5.45. The molecule has 0 amide bonds. The Morgan fingerprint density at radius 3 is 2.41 bits per heavy atom. The number of para-hydroxylation sites is 1. The minimum absolute atomic E-state index is 0.133. The Labute approximate surface area is 102 Å². The largest absolute Gasteiger partial charge is 0.393 e. The molecule has 0 bridgehead atoms. The summed E-state index contributed by atoms with van der Waals surface area (Å²) in [6.45, 7) is 4.58.